The smallest absolute Gasteiger partial charge is 0.119 e. The predicted molar refractivity (Wildman–Crippen MR) is 96.0 cm³/mol. The standard InChI is InChI=1S/C19H16OS2/c1-3-20-16-8-5-15(6-9-16)7-10-17-11-13-19(22-17)18-12-4-14(2)21-18/h4-6,8-9,11-13H,3H2,1-2H3. The number of rotatable bonds is 3. The highest BCUT2D eigenvalue weighted by Gasteiger charge is 2.03. The average Bonchev–Trinajstić information content (AvgIpc) is 3.16. The molecule has 1 nitrogen and oxygen atoms in total. The Morgan fingerprint density at radius 3 is 2.27 bits per heavy atom. The van der Waals surface area contributed by atoms with E-state index in [0.717, 1.165) is 16.2 Å². The number of hydrogen-bond acceptors (Lipinski definition) is 3. The second-order valence-electron chi connectivity index (χ2n) is 4.78. The van der Waals surface area contributed by atoms with Gasteiger partial charge in [0.05, 0.1) is 11.5 Å². The highest BCUT2D eigenvalue weighted by atomic mass is 32.1. The first-order valence-corrected chi connectivity index (χ1v) is 8.79. The van der Waals surface area contributed by atoms with Crippen LogP contribution in [0.5, 0.6) is 5.75 Å². The van der Waals surface area contributed by atoms with Crippen molar-refractivity contribution in [3.63, 3.8) is 0 Å². The molecule has 0 atom stereocenters. The van der Waals surface area contributed by atoms with E-state index in [0.29, 0.717) is 6.61 Å². The highest BCUT2D eigenvalue weighted by molar-refractivity contribution is 7.22. The van der Waals surface area contributed by atoms with Crippen molar-refractivity contribution >= 4 is 22.7 Å². The second-order valence-corrected chi connectivity index (χ2v) is 7.15. The van der Waals surface area contributed by atoms with Gasteiger partial charge in [0.25, 0.3) is 0 Å². The summed E-state index contributed by atoms with van der Waals surface area (Å²) in [7, 11) is 0. The molecule has 3 heteroatoms. The number of thiophene rings is 2. The van der Waals surface area contributed by atoms with Gasteiger partial charge in [-0.2, -0.15) is 0 Å². The van der Waals surface area contributed by atoms with Crippen LogP contribution in [0.25, 0.3) is 9.75 Å². The van der Waals surface area contributed by atoms with Crippen LogP contribution in [0.3, 0.4) is 0 Å². The lowest BCUT2D eigenvalue weighted by atomic mass is 10.2. The summed E-state index contributed by atoms with van der Waals surface area (Å²) in [6.45, 7) is 4.80. The van der Waals surface area contributed by atoms with Crippen molar-refractivity contribution in [2.45, 2.75) is 13.8 Å². The minimum absolute atomic E-state index is 0.686. The summed E-state index contributed by atoms with van der Waals surface area (Å²) >= 11 is 3.57. The van der Waals surface area contributed by atoms with E-state index < -0.39 is 0 Å². The summed E-state index contributed by atoms with van der Waals surface area (Å²) in [5.41, 5.74) is 1.00. The molecule has 110 valence electrons. The average molecular weight is 324 g/mol. The molecule has 0 saturated heterocycles. The van der Waals surface area contributed by atoms with Crippen LogP contribution in [-0.4, -0.2) is 6.61 Å². The largest absolute Gasteiger partial charge is 0.494 e. The lowest BCUT2D eigenvalue weighted by Crippen LogP contribution is -1.90. The molecular formula is C19H16OS2. The number of hydrogen-bond donors (Lipinski definition) is 0. The SMILES string of the molecule is CCOc1ccc(C#Cc2ccc(-c3ccc(C)s3)s2)cc1. The molecule has 0 aliphatic heterocycles. The number of aryl methyl sites for hydroxylation is 1. The first-order chi connectivity index (χ1) is 10.7. The van der Waals surface area contributed by atoms with E-state index in [1.807, 2.05) is 42.5 Å². The van der Waals surface area contributed by atoms with E-state index in [9.17, 15) is 0 Å². The Morgan fingerprint density at radius 2 is 1.59 bits per heavy atom. The van der Waals surface area contributed by atoms with Crippen molar-refractivity contribution in [1.29, 1.82) is 0 Å². The Hall–Kier alpha value is -2.02. The summed E-state index contributed by atoms with van der Waals surface area (Å²) in [6.07, 6.45) is 0. The second kappa shape index (κ2) is 6.83. The molecule has 0 radical (unpaired) electrons. The molecule has 0 amide bonds. The van der Waals surface area contributed by atoms with Crippen molar-refractivity contribution in [1.82, 2.24) is 0 Å². The summed E-state index contributed by atoms with van der Waals surface area (Å²) in [4.78, 5) is 5.03. The van der Waals surface area contributed by atoms with Crippen LogP contribution in [0.2, 0.25) is 0 Å². The van der Waals surface area contributed by atoms with E-state index in [4.69, 9.17) is 4.74 Å². The van der Waals surface area contributed by atoms with Crippen molar-refractivity contribution in [3.05, 3.63) is 63.8 Å². The Labute approximate surface area is 139 Å². The van der Waals surface area contributed by atoms with Crippen LogP contribution in [0.1, 0.15) is 22.2 Å². The van der Waals surface area contributed by atoms with Gasteiger partial charge in [0.15, 0.2) is 0 Å². The monoisotopic (exact) mass is 324 g/mol. The molecule has 0 fully saturated rings. The molecule has 3 rings (SSSR count). The van der Waals surface area contributed by atoms with Crippen molar-refractivity contribution in [2.24, 2.45) is 0 Å². The maximum atomic E-state index is 5.43. The number of benzene rings is 1. The van der Waals surface area contributed by atoms with Crippen LogP contribution in [0, 0.1) is 18.8 Å². The summed E-state index contributed by atoms with van der Waals surface area (Å²) in [6, 6.07) is 16.5. The molecule has 0 bridgehead atoms. The molecule has 0 spiro atoms. The normalized spacial score (nSPS) is 10.1. The van der Waals surface area contributed by atoms with E-state index >= 15 is 0 Å². The zero-order valence-corrected chi connectivity index (χ0v) is 14.2. The molecule has 22 heavy (non-hydrogen) atoms. The fourth-order valence-electron chi connectivity index (χ4n) is 2.04. The fraction of sp³-hybridized carbons (Fsp3) is 0.158. The van der Waals surface area contributed by atoms with Crippen LogP contribution < -0.4 is 4.74 Å². The summed E-state index contributed by atoms with van der Waals surface area (Å²) in [5.74, 6) is 7.34. The molecule has 0 unspecified atom stereocenters. The van der Waals surface area contributed by atoms with Crippen molar-refractivity contribution in [3.8, 4) is 27.3 Å². The van der Waals surface area contributed by atoms with Gasteiger partial charge in [0.2, 0.25) is 0 Å². The third-order valence-corrected chi connectivity index (χ3v) is 5.28. The Kier molecular flexibility index (Phi) is 4.62. The van der Waals surface area contributed by atoms with E-state index in [1.165, 1.54) is 14.6 Å². The zero-order chi connectivity index (χ0) is 15.4. The predicted octanol–water partition coefficient (Wildman–Crippen LogP) is 5.58. The topological polar surface area (TPSA) is 9.23 Å². The molecule has 0 saturated carbocycles. The van der Waals surface area contributed by atoms with Gasteiger partial charge in [-0.3, -0.25) is 0 Å². The lowest BCUT2D eigenvalue weighted by Gasteiger charge is -2.01. The molecular weight excluding hydrogens is 308 g/mol. The van der Waals surface area contributed by atoms with Gasteiger partial charge in [-0.1, -0.05) is 11.8 Å². The minimum Gasteiger partial charge on any atom is -0.494 e. The van der Waals surface area contributed by atoms with Gasteiger partial charge in [-0.05, 0) is 62.4 Å². The van der Waals surface area contributed by atoms with E-state index in [-0.39, 0.29) is 0 Å². The van der Waals surface area contributed by atoms with Crippen LogP contribution in [0.4, 0.5) is 0 Å². The summed E-state index contributed by atoms with van der Waals surface area (Å²) < 4.78 is 5.43. The lowest BCUT2D eigenvalue weighted by molar-refractivity contribution is 0.340. The van der Waals surface area contributed by atoms with E-state index in [2.05, 4.69) is 43.0 Å². The highest BCUT2D eigenvalue weighted by Crippen LogP contribution is 2.33. The molecule has 3 aromatic rings. The third kappa shape index (κ3) is 3.59. The molecule has 0 N–H and O–H groups in total. The first kappa shape index (κ1) is 14.9. The maximum absolute atomic E-state index is 5.43. The quantitative estimate of drug-likeness (QED) is 0.571. The molecule has 2 heterocycles. The van der Waals surface area contributed by atoms with Crippen LogP contribution in [-0.2, 0) is 0 Å². The number of ether oxygens (including phenoxy) is 1. The molecule has 0 aliphatic rings. The molecule has 1 aromatic carbocycles. The van der Waals surface area contributed by atoms with Crippen LogP contribution >= 0.6 is 22.7 Å². The molecule has 2 aromatic heterocycles. The Balaban J connectivity index is 1.75. The van der Waals surface area contributed by atoms with Gasteiger partial charge < -0.3 is 4.74 Å². The Morgan fingerprint density at radius 1 is 0.864 bits per heavy atom. The summed E-state index contributed by atoms with van der Waals surface area (Å²) in [5, 5.41) is 0. The Bertz CT molecular complexity index is 813. The molecule has 0 aliphatic carbocycles. The van der Waals surface area contributed by atoms with Crippen molar-refractivity contribution < 1.29 is 4.74 Å². The fourth-order valence-corrected chi connectivity index (χ4v) is 3.86. The van der Waals surface area contributed by atoms with Gasteiger partial charge in [0, 0.05) is 20.2 Å². The van der Waals surface area contributed by atoms with Gasteiger partial charge in [-0.25, -0.2) is 0 Å². The zero-order valence-electron chi connectivity index (χ0n) is 12.6. The maximum Gasteiger partial charge on any atom is 0.119 e. The van der Waals surface area contributed by atoms with Crippen LogP contribution in [0.15, 0.2) is 48.5 Å². The van der Waals surface area contributed by atoms with Gasteiger partial charge >= 0.3 is 0 Å². The van der Waals surface area contributed by atoms with Gasteiger partial charge in [0.1, 0.15) is 5.75 Å². The van der Waals surface area contributed by atoms with Crippen molar-refractivity contribution in [2.75, 3.05) is 6.61 Å². The minimum atomic E-state index is 0.686. The van der Waals surface area contributed by atoms with E-state index in [1.54, 1.807) is 11.3 Å². The van der Waals surface area contributed by atoms with Gasteiger partial charge in [-0.15, -0.1) is 22.7 Å². The first-order valence-electron chi connectivity index (χ1n) is 7.16. The third-order valence-electron chi connectivity index (χ3n) is 3.08.